The van der Waals surface area contributed by atoms with E-state index < -0.39 is 20.9 Å². The predicted molar refractivity (Wildman–Crippen MR) is 233 cm³/mol. The highest BCUT2D eigenvalue weighted by Crippen LogP contribution is 2.49. The lowest BCUT2D eigenvalue weighted by Crippen LogP contribution is -2.28. The molecule has 0 saturated heterocycles. The molecule has 9 heteroatoms. The molecule has 1 unspecified atom stereocenters. The molecule has 6 nitrogen and oxygen atoms in total. The molecule has 0 amide bonds. The Bertz CT molecular complexity index is 2020. The van der Waals surface area contributed by atoms with Crippen molar-refractivity contribution >= 4 is 49.6 Å². The van der Waals surface area contributed by atoms with Crippen molar-refractivity contribution in [2.75, 3.05) is 30.5 Å². The van der Waals surface area contributed by atoms with E-state index in [9.17, 15) is 12.6 Å². The molecule has 3 aliphatic rings. The molecule has 0 aromatic heterocycles. The summed E-state index contributed by atoms with van der Waals surface area (Å²) in [6.45, 7) is 15.2. The van der Waals surface area contributed by atoms with Crippen LogP contribution in [0.3, 0.4) is 0 Å². The van der Waals surface area contributed by atoms with Crippen LogP contribution in [0.4, 0.5) is 11.4 Å². The first-order valence-electron chi connectivity index (χ1n) is 20.5. The van der Waals surface area contributed by atoms with E-state index in [-0.39, 0.29) is 10.8 Å². The summed E-state index contributed by atoms with van der Waals surface area (Å²) in [5.74, 6) is 0.627. The third-order valence-corrected chi connectivity index (χ3v) is 13.7. The van der Waals surface area contributed by atoms with Crippen LogP contribution in [-0.4, -0.2) is 48.5 Å². The summed E-state index contributed by atoms with van der Waals surface area (Å²) in [4.78, 5) is 2.78. The van der Waals surface area contributed by atoms with E-state index in [4.69, 9.17) is 15.8 Å². The highest BCUT2D eigenvalue weighted by Gasteiger charge is 2.45. The molecule has 2 heterocycles. The number of fused-ring (bicyclic) bond motifs is 2. The van der Waals surface area contributed by atoms with Gasteiger partial charge in [-0.25, -0.2) is 12.6 Å². The van der Waals surface area contributed by atoms with Gasteiger partial charge in [-0.2, -0.15) is 4.58 Å². The van der Waals surface area contributed by atoms with Crippen molar-refractivity contribution in [1.29, 1.82) is 0 Å². The van der Waals surface area contributed by atoms with E-state index in [1.54, 1.807) is 12.3 Å². The monoisotopic (exact) mass is 807 g/mol. The van der Waals surface area contributed by atoms with Crippen LogP contribution >= 0.6 is 11.6 Å². The zero-order valence-corrected chi connectivity index (χ0v) is 37.0. The lowest BCUT2D eigenvalue weighted by molar-refractivity contribution is -0.438. The average molecular weight is 809 g/mol. The van der Waals surface area contributed by atoms with Crippen molar-refractivity contribution in [2.45, 2.75) is 141 Å². The minimum atomic E-state index is -3.33. The van der Waals surface area contributed by atoms with Gasteiger partial charge in [0.2, 0.25) is 16.8 Å². The summed E-state index contributed by atoms with van der Waals surface area (Å²) in [7, 11) is -3.33. The maximum atomic E-state index is 12.6. The third kappa shape index (κ3) is 9.96. The molecule has 0 radical (unpaired) electrons. The number of rotatable bonds is 18. The topological polar surface area (TPSA) is 66.7 Å². The molecule has 5 rings (SSSR count). The van der Waals surface area contributed by atoms with Gasteiger partial charge in [0.1, 0.15) is 12.3 Å². The Labute approximate surface area is 340 Å². The summed E-state index contributed by atoms with van der Waals surface area (Å²) >= 11 is 5.91. The van der Waals surface area contributed by atoms with Gasteiger partial charge in [-0.1, -0.05) is 96.4 Å². The largest absolute Gasteiger partial charge is 0.401 e. The van der Waals surface area contributed by atoms with E-state index in [2.05, 4.69) is 87.5 Å². The van der Waals surface area contributed by atoms with Gasteiger partial charge in [0.05, 0.1) is 10.3 Å². The maximum Gasteiger partial charge on any atom is 0.210 e. The molecule has 1 atom stereocenters. The first-order chi connectivity index (χ1) is 26.1. The molecular formula is C46H64ClN2O4S2+. The number of benzene rings is 2. The number of unbranched alkanes of at least 4 members (excludes halogenated alkanes) is 8. The van der Waals surface area contributed by atoms with Crippen LogP contribution < -0.4 is 9.08 Å². The Hall–Kier alpha value is -2.94. The number of nitrogens with zero attached hydrogens (tertiary/aromatic N) is 2. The Kier molecular flexibility index (Phi) is 14.6. The highest BCUT2D eigenvalue weighted by atomic mass is 35.5. The van der Waals surface area contributed by atoms with Crippen LogP contribution in [0.1, 0.15) is 136 Å². The van der Waals surface area contributed by atoms with Gasteiger partial charge in [-0.3, -0.25) is 0 Å². The van der Waals surface area contributed by atoms with E-state index in [0.29, 0.717) is 10.6 Å². The van der Waals surface area contributed by atoms with Crippen molar-refractivity contribution in [3.05, 3.63) is 93.7 Å². The standard InChI is InChI=1S/C46H64ClN2O4S2/c1-9-11-13-15-17-30-48-40-26-24-36(53-54(7)50)32-38(40)45(3,4)42(48)28-22-34-20-19-21-35(44(34)47)23-29-43-46(5,6)39-33-37(55(8,51)52)25-27-41(39)49(43)31-18-16-14-12-10-2/h22-29,32-33H,9-21,30-31H2,1-8H3/q+1. The number of halogens is 1. The smallest absolute Gasteiger partial charge is 0.210 e. The fourth-order valence-corrected chi connectivity index (χ4v) is 9.86. The normalized spacial score (nSPS) is 19.9. The van der Waals surface area contributed by atoms with Gasteiger partial charge < -0.3 is 9.08 Å². The minimum absolute atomic E-state index is 0.283. The minimum Gasteiger partial charge on any atom is -0.401 e. The van der Waals surface area contributed by atoms with Crippen LogP contribution in [-0.2, 0) is 31.7 Å². The van der Waals surface area contributed by atoms with Crippen LogP contribution in [0.15, 0.2) is 87.5 Å². The fraction of sp³-hybridized carbons (Fsp3) is 0.543. The van der Waals surface area contributed by atoms with Gasteiger partial charge in [-0.05, 0) is 99.1 Å². The number of allylic oxidation sites excluding steroid dienone is 8. The van der Waals surface area contributed by atoms with E-state index in [1.165, 1.54) is 80.3 Å². The molecule has 0 saturated carbocycles. The Morgan fingerprint density at radius 1 is 0.855 bits per heavy atom. The first kappa shape index (κ1) is 43.2. The quantitative estimate of drug-likeness (QED) is 0.111. The fourth-order valence-electron chi connectivity index (χ4n) is 8.52. The van der Waals surface area contributed by atoms with Crippen LogP contribution in [0, 0.1) is 0 Å². The van der Waals surface area contributed by atoms with Crippen molar-refractivity contribution < 1.29 is 21.4 Å². The van der Waals surface area contributed by atoms with Crippen molar-refractivity contribution in [3.8, 4) is 5.75 Å². The third-order valence-electron chi connectivity index (χ3n) is 11.7. The molecule has 1 aliphatic carbocycles. The Morgan fingerprint density at radius 2 is 1.55 bits per heavy atom. The predicted octanol–water partition coefficient (Wildman–Crippen LogP) is 11.9. The molecule has 2 aromatic rings. The number of hydrogen-bond donors (Lipinski definition) is 0. The second kappa shape index (κ2) is 18.5. The van der Waals surface area contributed by atoms with Crippen molar-refractivity contribution in [3.63, 3.8) is 0 Å². The molecule has 2 aliphatic heterocycles. The van der Waals surface area contributed by atoms with E-state index in [0.717, 1.165) is 72.6 Å². The molecular weight excluding hydrogens is 744 g/mol. The molecule has 0 bridgehead atoms. The molecule has 0 spiro atoms. The Balaban J connectivity index is 1.48. The van der Waals surface area contributed by atoms with Gasteiger partial charge in [0.15, 0.2) is 15.5 Å². The number of hydrogen-bond acceptors (Lipinski definition) is 5. The second-order valence-electron chi connectivity index (χ2n) is 16.7. The van der Waals surface area contributed by atoms with Crippen LogP contribution in [0.2, 0.25) is 0 Å². The summed E-state index contributed by atoms with van der Waals surface area (Å²) in [5.41, 5.74) is 8.54. The van der Waals surface area contributed by atoms with Crippen molar-refractivity contribution in [1.82, 2.24) is 0 Å². The molecule has 2 aromatic carbocycles. The SMILES string of the molecule is CCCCCCCN1C(=CC=C2CCCC(C=CC3=[N+](CCCCCCC)c4ccc(OS(C)=O)cc4C3(C)C)=C2Cl)C(C)(C)c2cc(S(C)(=O)=O)ccc21. The summed E-state index contributed by atoms with van der Waals surface area (Å²) < 4.78 is 45.2. The van der Waals surface area contributed by atoms with Gasteiger partial charge in [0.25, 0.3) is 0 Å². The summed E-state index contributed by atoms with van der Waals surface area (Å²) in [6, 6.07) is 11.7. The van der Waals surface area contributed by atoms with Gasteiger partial charge in [-0.15, -0.1) is 0 Å². The first-order valence-corrected chi connectivity index (χ1v) is 24.3. The zero-order chi connectivity index (χ0) is 40.0. The number of sulfone groups is 1. The average Bonchev–Trinajstić information content (AvgIpc) is 3.47. The molecule has 300 valence electrons. The van der Waals surface area contributed by atoms with E-state index >= 15 is 0 Å². The van der Waals surface area contributed by atoms with Crippen LogP contribution in [0.25, 0.3) is 0 Å². The maximum absolute atomic E-state index is 12.6. The van der Waals surface area contributed by atoms with E-state index in [1.807, 2.05) is 18.2 Å². The lowest BCUT2D eigenvalue weighted by atomic mass is 9.81. The highest BCUT2D eigenvalue weighted by molar-refractivity contribution is 7.90. The molecule has 55 heavy (non-hydrogen) atoms. The Morgan fingerprint density at radius 3 is 2.22 bits per heavy atom. The lowest BCUT2D eigenvalue weighted by Gasteiger charge is -2.27. The number of anilines is 1. The van der Waals surface area contributed by atoms with Gasteiger partial charge in [0, 0.05) is 65.0 Å². The second-order valence-corrected chi connectivity index (χ2v) is 20.0. The molecule has 0 N–H and O–H groups in total. The zero-order valence-electron chi connectivity index (χ0n) is 34.6. The van der Waals surface area contributed by atoms with Gasteiger partial charge >= 0.3 is 0 Å². The summed E-state index contributed by atoms with van der Waals surface area (Å²) in [6.07, 6.45) is 26.6. The van der Waals surface area contributed by atoms with Crippen LogP contribution in [0.5, 0.6) is 5.75 Å². The summed E-state index contributed by atoms with van der Waals surface area (Å²) in [5, 5.41) is 0.819. The van der Waals surface area contributed by atoms with Crippen molar-refractivity contribution in [2.24, 2.45) is 0 Å². The molecule has 0 fully saturated rings.